The number of hydrogen-bond donors (Lipinski definition) is 2. The molecule has 1 aliphatic carbocycles. The Morgan fingerprint density at radius 3 is 2.67 bits per heavy atom. The maximum absolute atomic E-state index is 12.0. The van der Waals surface area contributed by atoms with E-state index < -0.39 is 0 Å². The Morgan fingerprint density at radius 1 is 1.29 bits per heavy atom. The van der Waals surface area contributed by atoms with Gasteiger partial charge in [0.05, 0.1) is 11.5 Å². The van der Waals surface area contributed by atoms with Crippen molar-refractivity contribution in [3.05, 3.63) is 0 Å². The van der Waals surface area contributed by atoms with Crippen molar-refractivity contribution in [1.29, 1.82) is 0 Å². The Kier molecular flexibility index (Phi) is 4.28. The van der Waals surface area contributed by atoms with E-state index >= 15 is 0 Å². The van der Waals surface area contributed by atoms with Crippen LogP contribution in [0.2, 0.25) is 0 Å². The molecule has 2 aliphatic heterocycles. The standard InChI is InChI=1S/C17H30N2O2/c1-11-9-12(2)19-15(14(11)16(18)20)13-5-8-21-17(10-13)6-3-4-7-17/h11-15,19H,3-10H2,1-2H3,(H2,18,20). The van der Waals surface area contributed by atoms with Gasteiger partial charge < -0.3 is 15.8 Å². The molecule has 0 radical (unpaired) electrons. The zero-order valence-electron chi connectivity index (χ0n) is 13.4. The summed E-state index contributed by atoms with van der Waals surface area (Å²) in [5.41, 5.74) is 5.84. The molecule has 21 heavy (non-hydrogen) atoms. The van der Waals surface area contributed by atoms with Crippen LogP contribution in [0.3, 0.4) is 0 Å². The van der Waals surface area contributed by atoms with Crippen LogP contribution in [0.5, 0.6) is 0 Å². The van der Waals surface area contributed by atoms with Gasteiger partial charge in [-0.2, -0.15) is 0 Å². The summed E-state index contributed by atoms with van der Waals surface area (Å²) in [5.74, 6) is 0.757. The molecule has 3 N–H and O–H groups in total. The minimum Gasteiger partial charge on any atom is -0.375 e. The van der Waals surface area contributed by atoms with E-state index in [-0.39, 0.29) is 23.5 Å². The van der Waals surface area contributed by atoms with Gasteiger partial charge in [0, 0.05) is 18.7 Å². The van der Waals surface area contributed by atoms with E-state index in [1.165, 1.54) is 25.7 Å². The molecule has 4 nitrogen and oxygen atoms in total. The second-order valence-electron chi connectivity index (χ2n) is 7.73. The molecule has 0 bridgehead atoms. The van der Waals surface area contributed by atoms with Crippen molar-refractivity contribution in [2.24, 2.45) is 23.5 Å². The van der Waals surface area contributed by atoms with Crippen LogP contribution in [-0.2, 0) is 9.53 Å². The molecule has 0 aromatic rings. The van der Waals surface area contributed by atoms with Crippen LogP contribution in [0.15, 0.2) is 0 Å². The number of amides is 1. The van der Waals surface area contributed by atoms with Gasteiger partial charge in [-0.3, -0.25) is 4.79 Å². The Hall–Kier alpha value is -0.610. The van der Waals surface area contributed by atoms with Gasteiger partial charge in [0.25, 0.3) is 0 Å². The molecule has 2 saturated heterocycles. The molecule has 0 aromatic heterocycles. The van der Waals surface area contributed by atoms with E-state index in [1.807, 2.05) is 0 Å². The van der Waals surface area contributed by atoms with Crippen LogP contribution in [0.25, 0.3) is 0 Å². The highest BCUT2D eigenvalue weighted by Gasteiger charge is 2.47. The average molecular weight is 294 g/mol. The zero-order chi connectivity index (χ0) is 15.0. The van der Waals surface area contributed by atoms with Crippen molar-refractivity contribution in [1.82, 2.24) is 5.32 Å². The molecule has 5 unspecified atom stereocenters. The highest BCUT2D eigenvalue weighted by atomic mass is 16.5. The number of carbonyl (C=O) groups is 1. The molecule has 3 aliphatic rings. The van der Waals surface area contributed by atoms with Gasteiger partial charge in [-0.05, 0) is 50.9 Å². The Morgan fingerprint density at radius 2 is 2.00 bits per heavy atom. The first-order chi connectivity index (χ1) is 10.0. The molecular weight excluding hydrogens is 264 g/mol. The van der Waals surface area contributed by atoms with Crippen LogP contribution in [0.4, 0.5) is 0 Å². The highest BCUT2D eigenvalue weighted by Crippen LogP contribution is 2.45. The van der Waals surface area contributed by atoms with Crippen LogP contribution < -0.4 is 11.1 Å². The second-order valence-corrected chi connectivity index (χ2v) is 7.73. The topological polar surface area (TPSA) is 64.4 Å². The Bertz CT molecular complexity index is 392. The molecule has 120 valence electrons. The van der Waals surface area contributed by atoms with E-state index in [9.17, 15) is 4.79 Å². The molecule has 5 atom stereocenters. The average Bonchev–Trinajstić information content (AvgIpc) is 2.85. The fourth-order valence-corrected chi connectivity index (χ4v) is 5.19. The maximum Gasteiger partial charge on any atom is 0.222 e. The molecule has 1 spiro atoms. The third-order valence-corrected chi connectivity index (χ3v) is 6.08. The van der Waals surface area contributed by atoms with E-state index in [0.29, 0.717) is 17.9 Å². The lowest BCUT2D eigenvalue weighted by molar-refractivity contribution is -0.131. The summed E-state index contributed by atoms with van der Waals surface area (Å²) in [7, 11) is 0. The lowest BCUT2D eigenvalue weighted by atomic mass is 9.69. The smallest absolute Gasteiger partial charge is 0.222 e. The largest absolute Gasteiger partial charge is 0.375 e. The van der Waals surface area contributed by atoms with Crippen LogP contribution >= 0.6 is 0 Å². The summed E-state index contributed by atoms with van der Waals surface area (Å²) in [5, 5.41) is 3.70. The minimum absolute atomic E-state index is 0.0252. The normalized spacial score (nSPS) is 43.0. The highest BCUT2D eigenvalue weighted by molar-refractivity contribution is 5.78. The van der Waals surface area contributed by atoms with Crippen molar-refractivity contribution < 1.29 is 9.53 Å². The van der Waals surface area contributed by atoms with Crippen LogP contribution in [-0.4, -0.2) is 30.2 Å². The zero-order valence-corrected chi connectivity index (χ0v) is 13.4. The predicted molar refractivity (Wildman–Crippen MR) is 82.7 cm³/mol. The predicted octanol–water partition coefficient (Wildman–Crippen LogP) is 2.21. The quantitative estimate of drug-likeness (QED) is 0.820. The number of piperidine rings is 1. The van der Waals surface area contributed by atoms with Gasteiger partial charge >= 0.3 is 0 Å². The molecule has 0 aromatic carbocycles. The molecule has 3 fully saturated rings. The molecule has 1 amide bonds. The SMILES string of the molecule is CC1CC(C)C(C(N)=O)C(C2CCOC3(CCCC3)C2)N1. The Labute approximate surface area is 128 Å². The number of nitrogens with one attached hydrogen (secondary N) is 1. The molecule has 3 rings (SSSR count). The lowest BCUT2D eigenvalue weighted by Gasteiger charge is -2.47. The van der Waals surface area contributed by atoms with Crippen LogP contribution in [0, 0.1) is 17.8 Å². The molecule has 1 saturated carbocycles. The van der Waals surface area contributed by atoms with Crippen molar-refractivity contribution in [3.63, 3.8) is 0 Å². The number of carbonyl (C=O) groups excluding carboxylic acids is 1. The summed E-state index contributed by atoms with van der Waals surface area (Å²) in [6, 6.07) is 0.714. The fourth-order valence-electron chi connectivity index (χ4n) is 5.19. The third kappa shape index (κ3) is 2.98. The fraction of sp³-hybridized carbons (Fsp3) is 0.941. The van der Waals surface area contributed by atoms with Gasteiger partial charge in [0.15, 0.2) is 0 Å². The monoisotopic (exact) mass is 294 g/mol. The van der Waals surface area contributed by atoms with Gasteiger partial charge in [0.2, 0.25) is 5.91 Å². The van der Waals surface area contributed by atoms with Crippen LogP contribution in [0.1, 0.15) is 58.8 Å². The number of ether oxygens (including phenoxy) is 1. The maximum atomic E-state index is 12.0. The lowest BCUT2D eigenvalue weighted by Crippen LogP contribution is -2.59. The first-order valence-corrected chi connectivity index (χ1v) is 8.70. The molecule has 4 heteroatoms. The summed E-state index contributed by atoms with van der Waals surface area (Å²) in [6.07, 6.45) is 8.17. The van der Waals surface area contributed by atoms with E-state index in [0.717, 1.165) is 25.9 Å². The van der Waals surface area contributed by atoms with Gasteiger partial charge in [0.1, 0.15) is 0 Å². The van der Waals surface area contributed by atoms with Gasteiger partial charge in [-0.25, -0.2) is 0 Å². The first-order valence-electron chi connectivity index (χ1n) is 8.70. The summed E-state index contributed by atoms with van der Waals surface area (Å²) >= 11 is 0. The second kappa shape index (κ2) is 5.88. The van der Waals surface area contributed by atoms with E-state index in [2.05, 4.69) is 19.2 Å². The van der Waals surface area contributed by atoms with Gasteiger partial charge in [-0.15, -0.1) is 0 Å². The molecule has 2 heterocycles. The first kappa shape index (κ1) is 15.3. The molecular formula is C17H30N2O2. The van der Waals surface area contributed by atoms with E-state index in [4.69, 9.17) is 10.5 Å². The van der Waals surface area contributed by atoms with Crippen molar-refractivity contribution in [2.45, 2.75) is 76.5 Å². The summed E-state index contributed by atoms with van der Waals surface area (Å²) in [4.78, 5) is 12.0. The third-order valence-electron chi connectivity index (χ3n) is 6.08. The van der Waals surface area contributed by atoms with Crippen molar-refractivity contribution in [2.75, 3.05) is 6.61 Å². The summed E-state index contributed by atoms with van der Waals surface area (Å²) < 4.78 is 6.15. The van der Waals surface area contributed by atoms with E-state index in [1.54, 1.807) is 0 Å². The van der Waals surface area contributed by atoms with Crippen molar-refractivity contribution >= 4 is 5.91 Å². The van der Waals surface area contributed by atoms with Crippen molar-refractivity contribution in [3.8, 4) is 0 Å². The summed E-state index contributed by atoms with van der Waals surface area (Å²) in [6.45, 7) is 5.26. The number of primary amides is 1. The number of nitrogens with two attached hydrogens (primary N) is 1. The number of hydrogen-bond acceptors (Lipinski definition) is 3. The minimum atomic E-state index is -0.126. The van der Waals surface area contributed by atoms with Gasteiger partial charge in [-0.1, -0.05) is 19.8 Å². The number of rotatable bonds is 2. The Balaban J connectivity index is 1.77.